The molecule has 5 nitrogen and oxygen atoms in total. The molecule has 0 saturated carbocycles. The first-order chi connectivity index (χ1) is 8.47. The molecule has 0 aliphatic heterocycles. The summed E-state index contributed by atoms with van der Waals surface area (Å²) in [6.07, 6.45) is 0. The van der Waals surface area contributed by atoms with Crippen LogP contribution in [0.1, 0.15) is 27.6 Å². The van der Waals surface area contributed by atoms with Crippen molar-refractivity contribution in [3.05, 3.63) is 46.3 Å². The number of nitrogens with zero attached hydrogens (tertiary/aromatic N) is 3. The van der Waals surface area contributed by atoms with E-state index in [-0.39, 0.29) is 16.9 Å². The number of carbonyl (C=O) groups excluding carboxylic acids is 1. The lowest BCUT2D eigenvalue weighted by atomic mass is 10.3. The number of rotatable bonds is 2. The van der Waals surface area contributed by atoms with Crippen molar-refractivity contribution in [1.29, 1.82) is 0 Å². The fraction of sp³-hybridized carbons (Fsp3) is 0.250. The number of aryl methyl sites for hydroxylation is 3. The summed E-state index contributed by atoms with van der Waals surface area (Å²) >= 11 is 5.73. The number of halogens is 1. The van der Waals surface area contributed by atoms with Crippen molar-refractivity contribution in [2.75, 3.05) is 5.43 Å². The Balaban J connectivity index is 2.27. The second-order valence-electron chi connectivity index (χ2n) is 4.06. The largest absolute Gasteiger partial charge is 0.288 e. The molecule has 6 heteroatoms. The molecule has 0 bridgehead atoms. The van der Waals surface area contributed by atoms with E-state index >= 15 is 0 Å². The van der Waals surface area contributed by atoms with Gasteiger partial charge in [0.05, 0.1) is 0 Å². The minimum absolute atomic E-state index is 0.0705. The summed E-state index contributed by atoms with van der Waals surface area (Å²) in [5.74, 6) is -0.315. The Bertz CT molecular complexity index is 566. The lowest BCUT2D eigenvalue weighted by Gasteiger charge is -2.11. The van der Waals surface area contributed by atoms with Gasteiger partial charge in [0.1, 0.15) is 5.69 Å². The maximum Gasteiger partial charge on any atom is 0.288 e. The van der Waals surface area contributed by atoms with Crippen molar-refractivity contribution in [3.63, 3.8) is 0 Å². The molecule has 0 radical (unpaired) electrons. The van der Waals surface area contributed by atoms with Gasteiger partial charge in [0.2, 0.25) is 5.28 Å². The van der Waals surface area contributed by atoms with E-state index in [1.165, 1.54) is 0 Å². The summed E-state index contributed by atoms with van der Waals surface area (Å²) in [6.45, 7) is 5.58. The Kier molecular flexibility index (Phi) is 3.34. The van der Waals surface area contributed by atoms with Gasteiger partial charge >= 0.3 is 0 Å². The van der Waals surface area contributed by atoms with Crippen molar-refractivity contribution < 1.29 is 4.79 Å². The zero-order chi connectivity index (χ0) is 13.3. The van der Waals surface area contributed by atoms with Gasteiger partial charge in [-0.2, -0.15) is 0 Å². The Hall–Kier alpha value is -1.88. The van der Waals surface area contributed by atoms with Crippen LogP contribution in [0.5, 0.6) is 0 Å². The third-order valence-electron chi connectivity index (χ3n) is 2.54. The van der Waals surface area contributed by atoms with E-state index in [4.69, 9.17) is 11.6 Å². The van der Waals surface area contributed by atoms with Gasteiger partial charge in [0.15, 0.2) is 0 Å². The van der Waals surface area contributed by atoms with Gasteiger partial charge in [-0.3, -0.25) is 14.9 Å². The van der Waals surface area contributed by atoms with Crippen molar-refractivity contribution in [1.82, 2.24) is 14.6 Å². The molecular weight excluding hydrogens is 252 g/mol. The van der Waals surface area contributed by atoms with Crippen molar-refractivity contribution >= 4 is 17.5 Å². The monoisotopic (exact) mass is 264 g/mol. The van der Waals surface area contributed by atoms with Gasteiger partial charge in [0, 0.05) is 17.1 Å². The molecule has 0 fully saturated rings. The van der Waals surface area contributed by atoms with Crippen LogP contribution in [0.25, 0.3) is 0 Å². The van der Waals surface area contributed by atoms with Gasteiger partial charge in [-0.25, -0.2) is 9.97 Å². The average molecular weight is 265 g/mol. The SMILES string of the molecule is Cc1cc(C(=O)Nn2c(C)ccc2C)nc(Cl)n1. The molecule has 0 atom stereocenters. The first kappa shape index (κ1) is 12.6. The second-order valence-corrected chi connectivity index (χ2v) is 4.39. The summed E-state index contributed by atoms with van der Waals surface area (Å²) in [6, 6.07) is 5.44. The molecule has 0 unspecified atom stereocenters. The van der Waals surface area contributed by atoms with E-state index in [0.717, 1.165) is 11.4 Å². The summed E-state index contributed by atoms with van der Waals surface area (Å²) in [5.41, 5.74) is 5.55. The number of amides is 1. The van der Waals surface area contributed by atoms with Gasteiger partial charge in [0.25, 0.3) is 5.91 Å². The minimum atomic E-state index is -0.315. The Labute approximate surface area is 110 Å². The molecule has 0 aliphatic carbocycles. The summed E-state index contributed by atoms with van der Waals surface area (Å²) in [4.78, 5) is 19.9. The van der Waals surface area contributed by atoms with E-state index in [1.54, 1.807) is 17.7 Å². The third-order valence-corrected chi connectivity index (χ3v) is 2.71. The lowest BCUT2D eigenvalue weighted by Crippen LogP contribution is -2.25. The zero-order valence-corrected chi connectivity index (χ0v) is 11.1. The fourth-order valence-electron chi connectivity index (χ4n) is 1.65. The van der Waals surface area contributed by atoms with Crippen LogP contribution in [-0.4, -0.2) is 20.6 Å². The van der Waals surface area contributed by atoms with E-state index in [2.05, 4.69) is 15.4 Å². The van der Waals surface area contributed by atoms with Crippen LogP contribution in [-0.2, 0) is 0 Å². The van der Waals surface area contributed by atoms with Crippen LogP contribution in [0.4, 0.5) is 0 Å². The van der Waals surface area contributed by atoms with Crippen molar-refractivity contribution in [3.8, 4) is 0 Å². The van der Waals surface area contributed by atoms with Crippen LogP contribution < -0.4 is 5.43 Å². The predicted octanol–water partition coefficient (Wildman–Crippen LogP) is 2.24. The Morgan fingerprint density at radius 2 is 1.83 bits per heavy atom. The number of carbonyl (C=O) groups is 1. The Morgan fingerprint density at radius 1 is 1.22 bits per heavy atom. The normalized spacial score (nSPS) is 10.4. The minimum Gasteiger partial charge on any atom is -0.266 e. The fourth-order valence-corrected chi connectivity index (χ4v) is 1.88. The molecule has 2 aromatic rings. The predicted molar refractivity (Wildman–Crippen MR) is 69.4 cm³/mol. The smallest absolute Gasteiger partial charge is 0.266 e. The highest BCUT2D eigenvalue weighted by Gasteiger charge is 2.11. The summed E-state index contributed by atoms with van der Waals surface area (Å²) < 4.78 is 1.70. The van der Waals surface area contributed by atoms with Gasteiger partial charge in [-0.05, 0) is 50.6 Å². The number of aromatic nitrogens is 3. The van der Waals surface area contributed by atoms with Gasteiger partial charge in [-0.15, -0.1) is 0 Å². The Morgan fingerprint density at radius 3 is 2.39 bits per heavy atom. The van der Waals surface area contributed by atoms with E-state index in [0.29, 0.717) is 5.69 Å². The van der Waals surface area contributed by atoms with E-state index in [1.807, 2.05) is 26.0 Å². The highest BCUT2D eigenvalue weighted by Crippen LogP contribution is 2.08. The lowest BCUT2D eigenvalue weighted by molar-refractivity contribution is 0.100. The molecule has 2 rings (SSSR count). The molecule has 0 spiro atoms. The number of hydrogen-bond donors (Lipinski definition) is 1. The van der Waals surface area contributed by atoms with Crippen LogP contribution in [0.2, 0.25) is 5.28 Å². The number of nitrogens with one attached hydrogen (secondary N) is 1. The molecule has 1 N–H and O–H groups in total. The molecule has 18 heavy (non-hydrogen) atoms. The molecule has 2 aromatic heterocycles. The highest BCUT2D eigenvalue weighted by atomic mass is 35.5. The summed E-state index contributed by atoms with van der Waals surface area (Å²) in [5, 5.41) is 0.0705. The first-order valence-corrected chi connectivity index (χ1v) is 5.82. The molecule has 0 aromatic carbocycles. The molecule has 94 valence electrons. The van der Waals surface area contributed by atoms with Crippen LogP contribution in [0, 0.1) is 20.8 Å². The standard InChI is InChI=1S/C12H13ClN4O/c1-7-6-10(15-12(13)14-7)11(18)16-17-8(2)4-5-9(17)3/h4-6H,1-3H3,(H,16,18). The van der Waals surface area contributed by atoms with Crippen molar-refractivity contribution in [2.45, 2.75) is 20.8 Å². The average Bonchev–Trinajstić information content (AvgIpc) is 2.59. The quantitative estimate of drug-likeness (QED) is 0.847. The van der Waals surface area contributed by atoms with Crippen molar-refractivity contribution in [2.24, 2.45) is 0 Å². The third kappa shape index (κ3) is 2.51. The zero-order valence-electron chi connectivity index (χ0n) is 10.4. The molecular formula is C12H13ClN4O. The van der Waals surface area contributed by atoms with Crippen LogP contribution in [0.15, 0.2) is 18.2 Å². The topological polar surface area (TPSA) is 59.8 Å². The maximum absolute atomic E-state index is 12.0. The molecule has 2 heterocycles. The highest BCUT2D eigenvalue weighted by molar-refractivity contribution is 6.28. The van der Waals surface area contributed by atoms with Gasteiger partial charge < -0.3 is 0 Å². The number of hydrogen-bond acceptors (Lipinski definition) is 3. The second kappa shape index (κ2) is 4.78. The van der Waals surface area contributed by atoms with Crippen LogP contribution >= 0.6 is 11.6 Å². The molecule has 1 amide bonds. The van der Waals surface area contributed by atoms with Gasteiger partial charge in [-0.1, -0.05) is 0 Å². The summed E-state index contributed by atoms with van der Waals surface area (Å²) in [7, 11) is 0. The maximum atomic E-state index is 12.0. The van der Waals surface area contributed by atoms with Crippen LogP contribution in [0.3, 0.4) is 0 Å². The molecule has 0 saturated heterocycles. The van der Waals surface area contributed by atoms with E-state index in [9.17, 15) is 4.79 Å². The van der Waals surface area contributed by atoms with E-state index < -0.39 is 0 Å². The first-order valence-electron chi connectivity index (χ1n) is 5.45. The molecule has 0 aliphatic rings.